The minimum Gasteiger partial charge on any atom is -0.379 e. The molecular weight excluding hydrogens is 248 g/mol. The van der Waals surface area contributed by atoms with Gasteiger partial charge in [0.25, 0.3) is 0 Å². The second-order valence-electron chi connectivity index (χ2n) is 4.86. The van der Waals surface area contributed by atoms with E-state index in [1.54, 1.807) is 12.1 Å². The minimum atomic E-state index is -1.47. The first kappa shape index (κ1) is 14.2. The van der Waals surface area contributed by atoms with Gasteiger partial charge in [0.2, 0.25) is 0 Å². The van der Waals surface area contributed by atoms with Crippen molar-refractivity contribution < 1.29 is 9.32 Å². The number of aliphatic hydroxyl groups is 1. The van der Waals surface area contributed by atoms with Gasteiger partial charge in [-0.3, -0.25) is 4.21 Å². The number of benzene rings is 1. The van der Waals surface area contributed by atoms with Crippen LogP contribution in [-0.2, 0) is 10.8 Å². The standard InChI is InChI=1S/C13H18O2SSi/c1-17(2,3)10-9-12(14)11-16(15)13-7-5-4-6-8-13/h4-8,12,14H,11H2,1-3H3/t12-,16-/m0/s1. The Bertz CT molecular complexity index is 440. The summed E-state index contributed by atoms with van der Waals surface area (Å²) in [6.45, 7) is 6.34. The van der Waals surface area contributed by atoms with Crippen molar-refractivity contribution in [3.63, 3.8) is 0 Å². The van der Waals surface area contributed by atoms with Crippen LogP contribution < -0.4 is 0 Å². The first-order chi connectivity index (χ1) is 7.88. The van der Waals surface area contributed by atoms with Crippen LogP contribution in [0.5, 0.6) is 0 Å². The summed E-state index contributed by atoms with van der Waals surface area (Å²) in [4.78, 5) is 0.737. The van der Waals surface area contributed by atoms with Gasteiger partial charge in [0.1, 0.15) is 14.2 Å². The van der Waals surface area contributed by atoms with Crippen molar-refractivity contribution in [1.29, 1.82) is 0 Å². The highest BCUT2D eigenvalue weighted by atomic mass is 32.2. The lowest BCUT2D eigenvalue weighted by Crippen LogP contribution is -2.20. The van der Waals surface area contributed by atoms with E-state index in [4.69, 9.17) is 0 Å². The molecule has 0 radical (unpaired) electrons. The fraction of sp³-hybridized carbons (Fsp3) is 0.385. The molecule has 17 heavy (non-hydrogen) atoms. The van der Waals surface area contributed by atoms with E-state index >= 15 is 0 Å². The summed E-state index contributed by atoms with van der Waals surface area (Å²) in [5.74, 6) is 2.98. The van der Waals surface area contributed by atoms with E-state index in [0.29, 0.717) is 0 Å². The van der Waals surface area contributed by atoms with E-state index in [-0.39, 0.29) is 5.75 Å². The molecule has 0 fully saturated rings. The molecule has 2 nitrogen and oxygen atoms in total. The van der Waals surface area contributed by atoms with E-state index in [0.717, 1.165) is 4.90 Å². The SMILES string of the molecule is C[Si](C)(C)C#C[C@H](O)C[S@](=O)c1ccccc1. The van der Waals surface area contributed by atoms with Gasteiger partial charge in [0, 0.05) is 4.90 Å². The summed E-state index contributed by atoms with van der Waals surface area (Å²) in [5.41, 5.74) is 3.08. The molecule has 1 N–H and O–H groups in total. The first-order valence-electron chi connectivity index (χ1n) is 5.53. The van der Waals surface area contributed by atoms with Crippen LogP contribution in [0.2, 0.25) is 19.6 Å². The second-order valence-corrected chi connectivity index (χ2v) is 11.1. The van der Waals surface area contributed by atoms with Crippen molar-refractivity contribution in [2.75, 3.05) is 5.75 Å². The molecule has 1 aromatic rings. The third-order valence-corrected chi connectivity index (χ3v) is 4.24. The lowest BCUT2D eigenvalue weighted by molar-refractivity contribution is 0.257. The lowest BCUT2D eigenvalue weighted by atomic mass is 10.4. The van der Waals surface area contributed by atoms with Gasteiger partial charge in [0.15, 0.2) is 0 Å². The maximum Gasteiger partial charge on any atom is 0.129 e. The van der Waals surface area contributed by atoms with E-state index < -0.39 is 25.0 Å². The van der Waals surface area contributed by atoms with Gasteiger partial charge in [-0.2, -0.15) is 0 Å². The molecule has 0 aromatic heterocycles. The summed E-state index contributed by atoms with van der Waals surface area (Å²) >= 11 is 0. The number of aliphatic hydroxyl groups excluding tert-OH is 1. The fourth-order valence-corrected chi connectivity index (χ4v) is 2.78. The Balaban J connectivity index is 2.61. The molecule has 1 rings (SSSR count). The molecule has 92 valence electrons. The third kappa shape index (κ3) is 5.83. The van der Waals surface area contributed by atoms with Crippen LogP contribution >= 0.6 is 0 Å². The molecule has 0 unspecified atom stereocenters. The highest BCUT2D eigenvalue weighted by molar-refractivity contribution is 7.85. The molecule has 0 bridgehead atoms. The van der Waals surface area contributed by atoms with Crippen LogP contribution in [-0.4, -0.2) is 29.2 Å². The van der Waals surface area contributed by atoms with Crippen molar-refractivity contribution >= 4 is 18.9 Å². The Morgan fingerprint density at radius 3 is 2.41 bits per heavy atom. The van der Waals surface area contributed by atoms with Crippen LogP contribution in [0.1, 0.15) is 0 Å². The molecule has 0 aliphatic carbocycles. The highest BCUT2D eigenvalue weighted by Crippen LogP contribution is 2.06. The smallest absolute Gasteiger partial charge is 0.129 e. The average molecular weight is 266 g/mol. The normalized spacial score (nSPS) is 14.6. The second kappa shape index (κ2) is 6.15. The molecular formula is C13H18O2SSi. The zero-order valence-corrected chi connectivity index (χ0v) is 12.3. The molecule has 2 atom stereocenters. The van der Waals surface area contributed by atoms with Crippen molar-refractivity contribution in [2.24, 2.45) is 0 Å². The Hall–Kier alpha value is -0.893. The zero-order valence-electron chi connectivity index (χ0n) is 10.4. The summed E-state index contributed by atoms with van der Waals surface area (Å²) in [6.07, 6.45) is -0.803. The van der Waals surface area contributed by atoms with Crippen molar-refractivity contribution in [2.45, 2.75) is 30.6 Å². The molecule has 0 spiro atoms. The van der Waals surface area contributed by atoms with Crippen LogP contribution in [0.4, 0.5) is 0 Å². The van der Waals surface area contributed by atoms with Gasteiger partial charge >= 0.3 is 0 Å². The van der Waals surface area contributed by atoms with Gasteiger partial charge in [-0.25, -0.2) is 0 Å². The number of hydrogen-bond donors (Lipinski definition) is 1. The van der Waals surface area contributed by atoms with Crippen LogP contribution in [0.25, 0.3) is 0 Å². The molecule has 0 heterocycles. The largest absolute Gasteiger partial charge is 0.379 e. The summed E-state index contributed by atoms with van der Waals surface area (Å²) in [5, 5.41) is 9.70. The van der Waals surface area contributed by atoms with Gasteiger partial charge in [0.05, 0.1) is 16.6 Å². The maximum atomic E-state index is 11.9. The summed E-state index contributed by atoms with van der Waals surface area (Å²) in [7, 11) is -2.65. The third-order valence-electron chi connectivity index (χ3n) is 1.93. The quantitative estimate of drug-likeness (QED) is 0.671. The van der Waals surface area contributed by atoms with Gasteiger partial charge in [-0.1, -0.05) is 43.8 Å². The van der Waals surface area contributed by atoms with Crippen molar-refractivity contribution in [3.8, 4) is 11.5 Å². The van der Waals surface area contributed by atoms with E-state index in [9.17, 15) is 9.32 Å². The Morgan fingerprint density at radius 2 is 1.88 bits per heavy atom. The molecule has 0 amide bonds. The predicted molar refractivity (Wildman–Crippen MR) is 74.8 cm³/mol. The number of rotatable bonds is 3. The van der Waals surface area contributed by atoms with Gasteiger partial charge < -0.3 is 5.11 Å². The number of hydrogen-bond acceptors (Lipinski definition) is 2. The molecule has 0 saturated heterocycles. The molecule has 4 heteroatoms. The molecule has 0 aliphatic heterocycles. The van der Waals surface area contributed by atoms with E-state index in [1.807, 2.05) is 18.2 Å². The average Bonchev–Trinajstić information content (AvgIpc) is 2.27. The Kier molecular flexibility index (Phi) is 5.13. The van der Waals surface area contributed by atoms with Gasteiger partial charge in [-0.05, 0) is 12.1 Å². The molecule has 1 aromatic carbocycles. The van der Waals surface area contributed by atoms with Crippen LogP contribution in [0, 0.1) is 11.5 Å². The Labute approximate surface area is 107 Å². The van der Waals surface area contributed by atoms with Crippen molar-refractivity contribution in [3.05, 3.63) is 30.3 Å². The topological polar surface area (TPSA) is 37.3 Å². The Morgan fingerprint density at radius 1 is 1.29 bits per heavy atom. The van der Waals surface area contributed by atoms with Crippen LogP contribution in [0.15, 0.2) is 35.2 Å². The van der Waals surface area contributed by atoms with E-state index in [2.05, 4.69) is 31.1 Å². The fourth-order valence-electron chi connectivity index (χ4n) is 1.15. The molecule has 0 aliphatic rings. The van der Waals surface area contributed by atoms with Gasteiger partial charge in [-0.15, -0.1) is 5.54 Å². The molecule has 0 saturated carbocycles. The summed E-state index contributed by atoms with van der Waals surface area (Å²) in [6, 6.07) is 9.16. The maximum absolute atomic E-state index is 11.9. The highest BCUT2D eigenvalue weighted by Gasteiger charge is 2.11. The van der Waals surface area contributed by atoms with Crippen molar-refractivity contribution in [1.82, 2.24) is 0 Å². The minimum absolute atomic E-state index is 0.182. The van der Waals surface area contributed by atoms with E-state index in [1.165, 1.54) is 0 Å². The predicted octanol–water partition coefficient (Wildman–Crippen LogP) is 2.04. The zero-order chi connectivity index (χ0) is 12.9. The monoisotopic (exact) mass is 266 g/mol. The first-order valence-corrected chi connectivity index (χ1v) is 10.3. The summed E-state index contributed by atoms with van der Waals surface area (Å²) < 4.78 is 11.9. The van der Waals surface area contributed by atoms with Crippen LogP contribution in [0.3, 0.4) is 0 Å². The lowest BCUT2D eigenvalue weighted by Gasteiger charge is -2.07.